The van der Waals surface area contributed by atoms with E-state index in [0.717, 1.165) is 68.3 Å². The van der Waals surface area contributed by atoms with E-state index >= 15 is 0 Å². The SMILES string of the molecule is Cc1c(C2CCOCC2)n(-c2ccc(F)cc2)c2cc(C=N)c(N)cc12.O=C(O)C1CCCCC1. The van der Waals surface area contributed by atoms with Gasteiger partial charge in [0.05, 0.1) is 11.4 Å². The van der Waals surface area contributed by atoms with Gasteiger partial charge in [-0.15, -0.1) is 0 Å². The Morgan fingerprint density at radius 2 is 1.77 bits per heavy atom. The van der Waals surface area contributed by atoms with Gasteiger partial charge >= 0.3 is 5.97 Å². The van der Waals surface area contributed by atoms with Crippen LogP contribution in [0.4, 0.5) is 10.1 Å². The van der Waals surface area contributed by atoms with E-state index in [-0.39, 0.29) is 11.7 Å². The van der Waals surface area contributed by atoms with Crippen LogP contribution in [0.25, 0.3) is 16.6 Å². The van der Waals surface area contributed by atoms with Crippen LogP contribution in [0.1, 0.15) is 67.7 Å². The molecule has 0 atom stereocenters. The maximum absolute atomic E-state index is 13.5. The van der Waals surface area contributed by atoms with Crippen molar-refractivity contribution in [2.24, 2.45) is 5.92 Å². The number of nitrogens with two attached hydrogens (primary N) is 1. The van der Waals surface area contributed by atoms with E-state index in [2.05, 4.69) is 11.5 Å². The van der Waals surface area contributed by atoms with Gasteiger partial charge in [0, 0.05) is 53.4 Å². The lowest BCUT2D eigenvalue weighted by molar-refractivity contribution is -0.142. The normalized spacial score (nSPS) is 17.1. The summed E-state index contributed by atoms with van der Waals surface area (Å²) in [4.78, 5) is 10.4. The Labute approximate surface area is 205 Å². The number of nitrogen functional groups attached to an aromatic ring is 1. The highest BCUT2D eigenvalue weighted by Gasteiger charge is 2.25. The number of aliphatic carboxylic acids is 1. The summed E-state index contributed by atoms with van der Waals surface area (Å²) in [6.45, 7) is 3.63. The number of fused-ring (bicyclic) bond motifs is 1. The van der Waals surface area contributed by atoms with E-state index in [1.54, 1.807) is 12.1 Å². The van der Waals surface area contributed by atoms with Crippen molar-refractivity contribution in [2.45, 2.75) is 57.8 Å². The fourth-order valence-corrected chi connectivity index (χ4v) is 5.34. The number of carbonyl (C=O) groups is 1. The van der Waals surface area contributed by atoms with Gasteiger partial charge in [0.1, 0.15) is 5.82 Å². The van der Waals surface area contributed by atoms with Crippen molar-refractivity contribution >= 4 is 28.8 Å². The van der Waals surface area contributed by atoms with Crippen LogP contribution in [-0.4, -0.2) is 35.1 Å². The molecule has 0 radical (unpaired) electrons. The molecular formula is C28H34FN3O3. The van der Waals surface area contributed by atoms with E-state index in [4.69, 9.17) is 21.0 Å². The van der Waals surface area contributed by atoms with Crippen LogP contribution in [0.2, 0.25) is 0 Å². The Hall–Kier alpha value is -3.19. The lowest BCUT2D eigenvalue weighted by atomic mass is 9.90. The summed E-state index contributed by atoms with van der Waals surface area (Å²) in [5.41, 5.74) is 11.8. The van der Waals surface area contributed by atoms with Crippen molar-refractivity contribution in [1.82, 2.24) is 4.57 Å². The highest BCUT2D eigenvalue weighted by Crippen LogP contribution is 2.39. The second-order valence-electron chi connectivity index (χ2n) is 9.52. The first-order valence-corrected chi connectivity index (χ1v) is 12.4. The fourth-order valence-electron chi connectivity index (χ4n) is 5.34. The van der Waals surface area contributed by atoms with Crippen molar-refractivity contribution in [3.05, 3.63) is 59.0 Å². The van der Waals surface area contributed by atoms with E-state index in [1.165, 1.54) is 36.0 Å². The van der Waals surface area contributed by atoms with Gasteiger partial charge in [0.2, 0.25) is 0 Å². The molecule has 0 bridgehead atoms. The molecule has 1 aromatic heterocycles. The molecule has 2 fully saturated rings. The number of aromatic nitrogens is 1. The molecule has 2 aromatic carbocycles. The highest BCUT2D eigenvalue weighted by atomic mass is 19.1. The molecule has 1 saturated heterocycles. The molecule has 1 aliphatic heterocycles. The maximum atomic E-state index is 13.5. The minimum absolute atomic E-state index is 0.0289. The van der Waals surface area contributed by atoms with Crippen molar-refractivity contribution < 1.29 is 19.0 Å². The summed E-state index contributed by atoms with van der Waals surface area (Å²) < 4.78 is 21.2. The molecule has 186 valence electrons. The number of hydrogen-bond donors (Lipinski definition) is 3. The van der Waals surface area contributed by atoms with Gasteiger partial charge in [-0.3, -0.25) is 4.79 Å². The molecule has 3 aromatic rings. The number of anilines is 1. The molecule has 0 amide bonds. The topological polar surface area (TPSA) is 101 Å². The minimum Gasteiger partial charge on any atom is -0.481 e. The summed E-state index contributed by atoms with van der Waals surface area (Å²) in [6, 6.07) is 10.5. The Kier molecular flexibility index (Phi) is 7.86. The number of rotatable bonds is 4. The van der Waals surface area contributed by atoms with Gasteiger partial charge in [-0.25, -0.2) is 4.39 Å². The zero-order valence-electron chi connectivity index (χ0n) is 20.2. The molecule has 0 spiro atoms. The maximum Gasteiger partial charge on any atom is 0.306 e. The van der Waals surface area contributed by atoms with E-state index < -0.39 is 5.97 Å². The van der Waals surface area contributed by atoms with Crippen molar-refractivity contribution in [2.75, 3.05) is 18.9 Å². The Morgan fingerprint density at radius 3 is 2.34 bits per heavy atom. The first kappa shape index (κ1) is 24.9. The molecular weight excluding hydrogens is 445 g/mol. The summed E-state index contributed by atoms with van der Waals surface area (Å²) in [7, 11) is 0. The summed E-state index contributed by atoms with van der Waals surface area (Å²) >= 11 is 0. The number of halogens is 1. The fraction of sp³-hybridized carbons (Fsp3) is 0.429. The van der Waals surface area contributed by atoms with Crippen LogP contribution in [0, 0.1) is 24.1 Å². The van der Waals surface area contributed by atoms with Gasteiger partial charge in [-0.05, 0) is 74.6 Å². The molecule has 6 nitrogen and oxygen atoms in total. The lowest BCUT2D eigenvalue weighted by Crippen LogP contribution is -2.17. The first-order valence-electron chi connectivity index (χ1n) is 12.4. The largest absolute Gasteiger partial charge is 0.481 e. The van der Waals surface area contributed by atoms with E-state index in [1.807, 2.05) is 12.1 Å². The summed E-state index contributed by atoms with van der Waals surface area (Å²) in [5, 5.41) is 17.3. The van der Waals surface area contributed by atoms with E-state index in [9.17, 15) is 9.18 Å². The Balaban J connectivity index is 0.000000271. The third-order valence-electron chi connectivity index (χ3n) is 7.27. The molecule has 5 rings (SSSR count). The molecule has 1 saturated carbocycles. The Morgan fingerprint density at radius 1 is 1.11 bits per heavy atom. The number of ether oxygens (including phenoxy) is 1. The number of benzene rings is 2. The third kappa shape index (κ3) is 5.40. The first-order chi connectivity index (χ1) is 16.9. The average Bonchev–Trinajstić information content (AvgIpc) is 3.16. The van der Waals surface area contributed by atoms with Gasteiger partial charge in [0.25, 0.3) is 0 Å². The van der Waals surface area contributed by atoms with Crippen LogP contribution < -0.4 is 5.73 Å². The predicted octanol–water partition coefficient (Wildman–Crippen LogP) is 6.20. The van der Waals surface area contributed by atoms with Gasteiger partial charge in [-0.2, -0.15) is 0 Å². The van der Waals surface area contributed by atoms with Crippen LogP contribution >= 0.6 is 0 Å². The molecule has 0 unspecified atom stereocenters. The average molecular weight is 480 g/mol. The van der Waals surface area contributed by atoms with Gasteiger partial charge in [-0.1, -0.05) is 19.3 Å². The predicted molar refractivity (Wildman–Crippen MR) is 137 cm³/mol. The quantitative estimate of drug-likeness (QED) is 0.306. The number of hydrogen-bond acceptors (Lipinski definition) is 4. The molecule has 7 heteroatoms. The second-order valence-corrected chi connectivity index (χ2v) is 9.52. The standard InChI is InChI=1S/C21H22FN3O.C7H12O2/c1-13-18-11-19(24)15(12-23)10-20(18)25(17-4-2-16(22)3-5-17)21(13)14-6-8-26-9-7-14;8-7(9)6-4-2-1-3-5-6/h2-5,10-12,14,23H,6-9,24H2,1H3;6H,1-5H2,(H,8,9). The lowest BCUT2D eigenvalue weighted by Gasteiger charge is -2.25. The molecule has 4 N–H and O–H groups in total. The van der Waals surface area contributed by atoms with Crippen molar-refractivity contribution in [3.63, 3.8) is 0 Å². The minimum atomic E-state index is -0.602. The Bertz CT molecular complexity index is 1190. The number of nitrogens with zero attached hydrogens (tertiary/aromatic N) is 1. The number of carboxylic acids is 1. The van der Waals surface area contributed by atoms with Crippen molar-refractivity contribution in [1.29, 1.82) is 5.41 Å². The van der Waals surface area contributed by atoms with Gasteiger partial charge in [0.15, 0.2) is 0 Å². The zero-order chi connectivity index (χ0) is 24.9. The number of aryl methyl sites for hydroxylation is 1. The highest BCUT2D eigenvalue weighted by molar-refractivity contribution is 5.97. The van der Waals surface area contributed by atoms with E-state index in [0.29, 0.717) is 17.2 Å². The van der Waals surface area contributed by atoms with Gasteiger partial charge < -0.3 is 25.6 Å². The molecule has 2 aliphatic rings. The molecule has 35 heavy (non-hydrogen) atoms. The third-order valence-corrected chi connectivity index (χ3v) is 7.27. The molecule has 1 aliphatic carbocycles. The summed E-state index contributed by atoms with van der Waals surface area (Å²) in [6.07, 6.45) is 8.44. The summed E-state index contributed by atoms with van der Waals surface area (Å²) in [5.74, 6) is -0.502. The van der Waals surface area contributed by atoms with Crippen LogP contribution in [0.5, 0.6) is 0 Å². The number of nitrogens with one attached hydrogen (secondary N) is 1. The van der Waals surface area contributed by atoms with Crippen LogP contribution in [0.3, 0.4) is 0 Å². The van der Waals surface area contributed by atoms with Crippen LogP contribution in [-0.2, 0) is 9.53 Å². The van der Waals surface area contributed by atoms with Crippen molar-refractivity contribution in [3.8, 4) is 5.69 Å². The van der Waals surface area contributed by atoms with Crippen LogP contribution in [0.15, 0.2) is 36.4 Å². The zero-order valence-corrected chi connectivity index (χ0v) is 20.2. The second kappa shape index (κ2) is 11.0. The molecule has 2 heterocycles. The monoisotopic (exact) mass is 479 g/mol. The number of carboxylic acid groups (broad SMARTS) is 1. The smallest absolute Gasteiger partial charge is 0.306 e.